The van der Waals surface area contributed by atoms with Gasteiger partial charge in [-0.2, -0.15) is 0 Å². The monoisotopic (exact) mass is 344 g/mol. The zero-order chi connectivity index (χ0) is 14.7. The summed E-state index contributed by atoms with van der Waals surface area (Å²) < 4.78 is 1.05. The number of nitrogens with one attached hydrogen (secondary N) is 2. The molecule has 0 aromatic heterocycles. The normalized spacial score (nSPS) is 19.3. The molecule has 1 amide bonds. The third-order valence-electron chi connectivity index (χ3n) is 3.75. The summed E-state index contributed by atoms with van der Waals surface area (Å²) >= 11 is 3.46. The van der Waals surface area contributed by atoms with Crippen LogP contribution in [-0.2, 0) is 4.79 Å². The van der Waals surface area contributed by atoms with E-state index in [0.29, 0.717) is 0 Å². The highest BCUT2D eigenvalue weighted by Gasteiger charge is 2.27. The summed E-state index contributed by atoms with van der Waals surface area (Å²) in [5.74, 6) is 0.0908. The molecule has 4 heteroatoms. The third-order valence-corrected chi connectivity index (χ3v) is 4.28. The average Bonchev–Trinajstić information content (AvgIpc) is 2.92. The van der Waals surface area contributed by atoms with Crippen LogP contribution < -0.4 is 10.6 Å². The zero-order valence-corrected chi connectivity index (χ0v) is 13.1. The van der Waals surface area contributed by atoms with Gasteiger partial charge in [-0.15, -0.1) is 0 Å². The molecule has 1 aliphatic rings. The summed E-state index contributed by atoms with van der Waals surface area (Å²) in [6.45, 7) is 0.748. The van der Waals surface area contributed by atoms with Crippen molar-refractivity contribution in [1.29, 1.82) is 0 Å². The number of benzene rings is 2. The van der Waals surface area contributed by atoms with Gasteiger partial charge < -0.3 is 5.32 Å². The summed E-state index contributed by atoms with van der Waals surface area (Å²) in [4.78, 5) is 11.8. The van der Waals surface area contributed by atoms with Crippen LogP contribution in [0.25, 0.3) is 0 Å². The van der Waals surface area contributed by atoms with Crippen molar-refractivity contribution in [2.75, 3.05) is 6.54 Å². The van der Waals surface area contributed by atoms with Crippen LogP contribution in [0.15, 0.2) is 59.1 Å². The molecule has 3 nitrogen and oxygen atoms in total. The van der Waals surface area contributed by atoms with Gasteiger partial charge in [-0.05, 0) is 29.7 Å². The maximum atomic E-state index is 11.8. The van der Waals surface area contributed by atoms with Crippen LogP contribution in [0.4, 0.5) is 0 Å². The predicted molar refractivity (Wildman–Crippen MR) is 87.0 cm³/mol. The van der Waals surface area contributed by atoms with Crippen molar-refractivity contribution in [1.82, 2.24) is 10.6 Å². The van der Waals surface area contributed by atoms with E-state index in [-0.39, 0.29) is 18.0 Å². The van der Waals surface area contributed by atoms with E-state index in [1.54, 1.807) is 0 Å². The topological polar surface area (TPSA) is 41.1 Å². The molecule has 0 radical (unpaired) electrons. The minimum absolute atomic E-state index is 0.0214. The fraction of sp³-hybridized carbons (Fsp3) is 0.235. The Morgan fingerprint density at radius 1 is 1.05 bits per heavy atom. The molecular formula is C17H17BrN2O. The number of carbonyl (C=O) groups excluding carboxylic acids is 1. The predicted octanol–water partition coefficient (Wildman–Crippen LogP) is 3.02. The molecule has 2 aromatic carbocycles. The minimum Gasteiger partial charge on any atom is -0.355 e. The molecule has 0 spiro atoms. The highest BCUT2D eigenvalue weighted by molar-refractivity contribution is 9.10. The molecule has 21 heavy (non-hydrogen) atoms. The lowest BCUT2D eigenvalue weighted by atomic mass is 9.97. The van der Waals surface area contributed by atoms with Gasteiger partial charge in [-0.3, -0.25) is 10.1 Å². The van der Waals surface area contributed by atoms with Crippen LogP contribution in [0.5, 0.6) is 0 Å². The summed E-state index contributed by atoms with van der Waals surface area (Å²) in [6.07, 6.45) is 0.832. The number of amides is 1. The second-order valence-corrected chi connectivity index (χ2v) is 6.11. The summed E-state index contributed by atoms with van der Waals surface area (Å²) in [5, 5.41) is 6.37. The first-order valence-corrected chi connectivity index (χ1v) is 7.87. The lowest BCUT2D eigenvalue weighted by Gasteiger charge is -2.23. The fourth-order valence-electron chi connectivity index (χ4n) is 2.64. The van der Waals surface area contributed by atoms with E-state index in [4.69, 9.17) is 0 Å². The molecule has 2 aromatic rings. The lowest BCUT2D eigenvalue weighted by Crippen LogP contribution is -2.39. The van der Waals surface area contributed by atoms with Crippen LogP contribution in [0.2, 0.25) is 0 Å². The van der Waals surface area contributed by atoms with Gasteiger partial charge in [0.05, 0.1) is 12.1 Å². The van der Waals surface area contributed by atoms with Crippen molar-refractivity contribution < 1.29 is 4.79 Å². The number of carbonyl (C=O) groups is 1. The van der Waals surface area contributed by atoms with Crippen molar-refractivity contribution >= 4 is 21.8 Å². The Hall–Kier alpha value is -1.65. The largest absolute Gasteiger partial charge is 0.355 e. The summed E-state index contributed by atoms with van der Waals surface area (Å²) in [5.41, 5.74) is 2.32. The van der Waals surface area contributed by atoms with Crippen molar-refractivity contribution in [3.63, 3.8) is 0 Å². The smallest absolute Gasteiger partial charge is 0.237 e. The molecule has 0 saturated carbocycles. The Kier molecular flexibility index (Phi) is 4.36. The Bertz CT molecular complexity index is 612. The van der Waals surface area contributed by atoms with E-state index in [9.17, 15) is 4.79 Å². The molecule has 2 atom stereocenters. The zero-order valence-electron chi connectivity index (χ0n) is 11.6. The maximum absolute atomic E-state index is 11.8. The highest BCUT2D eigenvalue weighted by atomic mass is 79.9. The molecule has 0 aliphatic carbocycles. The van der Waals surface area contributed by atoms with E-state index >= 15 is 0 Å². The second-order valence-electron chi connectivity index (χ2n) is 5.19. The molecule has 0 bridgehead atoms. The van der Waals surface area contributed by atoms with Gasteiger partial charge >= 0.3 is 0 Å². The average molecular weight is 345 g/mol. The molecular weight excluding hydrogens is 328 g/mol. The van der Waals surface area contributed by atoms with Gasteiger partial charge in [-0.25, -0.2) is 0 Å². The van der Waals surface area contributed by atoms with Crippen LogP contribution >= 0.6 is 15.9 Å². The van der Waals surface area contributed by atoms with Crippen LogP contribution in [0.1, 0.15) is 23.6 Å². The third kappa shape index (κ3) is 3.34. The number of halogens is 1. The number of rotatable bonds is 4. The Labute approximate surface area is 132 Å². The van der Waals surface area contributed by atoms with Crippen molar-refractivity contribution in [3.05, 3.63) is 70.2 Å². The van der Waals surface area contributed by atoms with Gasteiger partial charge in [0.15, 0.2) is 0 Å². The number of hydrogen-bond acceptors (Lipinski definition) is 2. The van der Waals surface area contributed by atoms with Crippen molar-refractivity contribution in [2.45, 2.75) is 18.5 Å². The minimum atomic E-state index is -0.126. The first kappa shape index (κ1) is 14.3. The summed E-state index contributed by atoms with van der Waals surface area (Å²) in [7, 11) is 0. The van der Waals surface area contributed by atoms with Gasteiger partial charge in [0.1, 0.15) is 0 Å². The van der Waals surface area contributed by atoms with Gasteiger partial charge in [0, 0.05) is 11.0 Å². The van der Waals surface area contributed by atoms with Crippen LogP contribution in [-0.4, -0.2) is 18.5 Å². The van der Waals surface area contributed by atoms with E-state index in [1.165, 1.54) is 5.56 Å². The van der Waals surface area contributed by atoms with E-state index in [0.717, 1.165) is 23.0 Å². The molecule has 1 heterocycles. The van der Waals surface area contributed by atoms with E-state index in [2.05, 4.69) is 50.8 Å². The Morgan fingerprint density at radius 2 is 1.71 bits per heavy atom. The fourth-order valence-corrected chi connectivity index (χ4v) is 2.90. The van der Waals surface area contributed by atoms with Gasteiger partial charge in [0.25, 0.3) is 0 Å². The van der Waals surface area contributed by atoms with Gasteiger partial charge in [0.2, 0.25) is 5.91 Å². The molecule has 0 unspecified atom stereocenters. The summed E-state index contributed by atoms with van der Waals surface area (Å²) in [6, 6.07) is 18.4. The molecule has 1 fully saturated rings. The molecule has 1 aliphatic heterocycles. The first-order valence-electron chi connectivity index (χ1n) is 7.08. The lowest BCUT2D eigenvalue weighted by molar-refractivity contribution is -0.121. The SMILES string of the molecule is O=C1NCC[C@@H]1N[C@H](c1ccccc1)c1ccc(Br)cc1. The highest BCUT2D eigenvalue weighted by Crippen LogP contribution is 2.25. The quantitative estimate of drug-likeness (QED) is 0.894. The number of hydrogen-bond donors (Lipinski definition) is 2. The maximum Gasteiger partial charge on any atom is 0.237 e. The standard InChI is InChI=1S/C17H17BrN2O/c18-14-8-6-13(7-9-14)16(12-4-2-1-3-5-12)20-15-10-11-19-17(15)21/h1-9,15-16,20H,10-11H2,(H,19,21)/t15-,16+/m0/s1. The van der Waals surface area contributed by atoms with Gasteiger partial charge in [-0.1, -0.05) is 58.4 Å². The molecule has 3 rings (SSSR count). The van der Waals surface area contributed by atoms with Crippen molar-refractivity contribution in [2.24, 2.45) is 0 Å². The van der Waals surface area contributed by atoms with E-state index in [1.807, 2.05) is 30.3 Å². The Balaban J connectivity index is 1.91. The second kappa shape index (κ2) is 6.41. The van der Waals surface area contributed by atoms with E-state index < -0.39 is 0 Å². The van der Waals surface area contributed by atoms with Crippen LogP contribution in [0.3, 0.4) is 0 Å². The molecule has 108 valence electrons. The first-order chi connectivity index (χ1) is 10.2. The molecule has 1 saturated heterocycles. The molecule has 2 N–H and O–H groups in total. The van der Waals surface area contributed by atoms with Crippen LogP contribution in [0, 0.1) is 0 Å². The van der Waals surface area contributed by atoms with Crippen molar-refractivity contribution in [3.8, 4) is 0 Å². The Morgan fingerprint density at radius 3 is 2.33 bits per heavy atom.